The van der Waals surface area contributed by atoms with E-state index in [1.807, 2.05) is 0 Å². The molecule has 1 heterocycles. The molecule has 0 bridgehead atoms. The number of rotatable bonds is 2. The van der Waals surface area contributed by atoms with Crippen LogP contribution >= 0.6 is 11.3 Å². The number of hydrogen-bond acceptors (Lipinski definition) is 4. The first-order chi connectivity index (χ1) is 6.44. The molecule has 14 heavy (non-hydrogen) atoms. The van der Waals surface area contributed by atoms with E-state index in [0.29, 0.717) is 0 Å². The van der Waals surface area contributed by atoms with Crippen LogP contribution < -0.4 is 4.74 Å². The summed E-state index contributed by atoms with van der Waals surface area (Å²) < 4.78 is 43.3. The second kappa shape index (κ2) is 3.87. The molecule has 7 heteroatoms. The highest BCUT2D eigenvalue weighted by Crippen LogP contribution is 2.30. The van der Waals surface area contributed by atoms with E-state index in [9.17, 15) is 18.0 Å². The molecule has 0 aliphatic carbocycles. The van der Waals surface area contributed by atoms with Crippen molar-refractivity contribution >= 4 is 17.3 Å². The van der Waals surface area contributed by atoms with Crippen LogP contribution in [0.3, 0.4) is 0 Å². The van der Waals surface area contributed by atoms with Crippen LogP contribution in [0.15, 0.2) is 11.4 Å². The maximum atomic E-state index is 11.8. The topological polar surface area (TPSA) is 35.5 Å². The summed E-state index contributed by atoms with van der Waals surface area (Å²) in [5.74, 6) is -1.38. The molecule has 0 radical (unpaired) electrons. The first-order valence-corrected chi connectivity index (χ1v) is 4.23. The van der Waals surface area contributed by atoms with Crippen molar-refractivity contribution < 1.29 is 27.4 Å². The Balaban J connectivity index is 2.88. The summed E-state index contributed by atoms with van der Waals surface area (Å²) in [6.07, 6.45) is -4.80. The van der Waals surface area contributed by atoms with Crippen molar-refractivity contribution in [1.29, 1.82) is 0 Å². The van der Waals surface area contributed by atoms with Gasteiger partial charge in [0.05, 0.1) is 7.11 Å². The van der Waals surface area contributed by atoms with E-state index in [-0.39, 0.29) is 4.88 Å². The van der Waals surface area contributed by atoms with E-state index in [1.165, 1.54) is 5.38 Å². The van der Waals surface area contributed by atoms with E-state index < -0.39 is 18.1 Å². The molecular weight excluding hydrogens is 221 g/mol. The van der Waals surface area contributed by atoms with E-state index >= 15 is 0 Å². The van der Waals surface area contributed by atoms with Crippen molar-refractivity contribution in [1.82, 2.24) is 0 Å². The van der Waals surface area contributed by atoms with Gasteiger partial charge >= 0.3 is 12.3 Å². The minimum Gasteiger partial charge on any atom is -0.465 e. The lowest BCUT2D eigenvalue weighted by molar-refractivity contribution is -0.274. The Bertz CT molecular complexity index is 331. The Morgan fingerprint density at radius 2 is 2.14 bits per heavy atom. The zero-order valence-electron chi connectivity index (χ0n) is 6.92. The number of carbonyl (C=O) groups is 1. The predicted molar refractivity (Wildman–Crippen MR) is 42.3 cm³/mol. The number of esters is 1. The molecule has 1 aromatic heterocycles. The fraction of sp³-hybridized carbons (Fsp3) is 0.286. The number of thiophene rings is 1. The lowest BCUT2D eigenvalue weighted by Crippen LogP contribution is -2.18. The van der Waals surface area contributed by atoms with Crippen molar-refractivity contribution in [3.05, 3.63) is 16.3 Å². The number of alkyl halides is 3. The Morgan fingerprint density at radius 1 is 1.50 bits per heavy atom. The number of methoxy groups -OCH3 is 1. The summed E-state index contributed by atoms with van der Waals surface area (Å²) in [5.41, 5.74) is 0. The highest BCUT2D eigenvalue weighted by molar-refractivity contribution is 7.12. The van der Waals surface area contributed by atoms with Gasteiger partial charge in [-0.1, -0.05) is 0 Å². The highest BCUT2D eigenvalue weighted by Gasteiger charge is 2.33. The molecule has 0 aromatic carbocycles. The first kappa shape index (κ1) is 10.8. The van der Waals surface area contributed by atoms with Gasteiger partial charge in [-0.25, -0.2) is 4.79 Å². The van der Waals surface area contributed by atoms with Crippen molar-refractivity contribution in [3.63, 3.8) is 0 Å². The normalized spacial score (nSPS) is 11.1. The van der Waals surface area contributed by atoms with Gasteiger partial charge in [-0.05, 0) is 11.4 Å². The van der Waals surface area contributed by atoms with E-state index in [2.05, 4.69) is 9.47 Å². The smallest absolute Gasteiger partial charge is 0.465 e. The van der Waals surface area contributed by atoms with Gasteiger partial charge in [0.1, 0.15) is 0 Å². The summed E-state index contributed by atoms with van der Waals surface area (Å²) in [6.45, 7) is 0. The van der Waals surface area contributed by atoms with Crippen LogP contribution in [0.2, 0.25) is 0 Å². The van der Waals surface area contributed by atoms with Crippen LogP contribution in [0.4, 0.5) is 13.2 Å². The SMILES string of the molecule is COC(=O)c1sccc1OC(F)(F)F. The van der Waals surface area contributed by atoms with Gasteiger partial charge in [-0.2, -0.15) is 0 Å². The average molecular weight is 226 g/mol. The molecule has 78 valence electrons. The van der Waals surface area contributed by atoms with Crippen LogP contribution in [0.25, 0.3) is 0 Å². The van der Waals surface area contributed by atoms with Crippen LogP contribution in [0.1, 0.15) is 9.67 Å². The Hall–Kier alpha value is -1.24. The molecule has 0 saturated heterocycles. The molecule has 1 rings (SSSR count). The van der Waals surface area contributed by atoms with Gasteiger partial charge in [-0.15, -0.1) is 24.5 Å². The molecule has 3 nitrogen and oxygen atoms in total. The molecule has 0 unspecified atom stereocenters. The number of halogens is 3. The highest BCUT2D eigenvalue weighted by atomic mass is 32.1. The lowest BCUT2D eigenvalue weighted by Gasteiger charge is -2.07. The number of ether oxygens (including phenoxy) is 2. The number of hydrogen-bond donors (Lipinski definition) is 0. The molecule has 1 aromatic rings. The minimum absolute atomic E-state index is 0.204. The van der Waals surface area contributed by atoms with Crippen LogP contribution in [-0.2, 0) is 4.74 Å². The maximum Gasteiger partial charge on any atom is 0.573 e. The standard InChI is InChI=1S/C7H5F3O3S/c1-12-6(11)5-4(2-3-14-5)13-7(8,9)10/h2-3H,1H3. The predicted octanol–water partition coefficient (Wildman–Crippen LogP) is 2.43. The van der Waals surface area contributed by atoms with Crippen molar-refractivity contribution in [2.24, 2.45) is 0 Å². The van der Waals surface area contributed by atoms with Crippen molar-refractivity contribution in [2.45, 2.75) is 6.36 Å². The summed E-state index contributed by atoms with van der Waals surface area (Å²) >= 11 is 0.823. The average Bonchev–Trinajstić information content (AvgIpc) is 2.48. The maximum absolute atomic E-state index is 11.8. The minimum atomic E-state index is -4.80. The largest absolute Gasteiger partial charge is 0.573 e. The zero-order chi connectivity index (χ0) is 10.8. The third kappa shape index (κ3) is 2.63. The molecule has 0 amide bonds. The lowest BCUT2D eigenvalue weighted by atomic mass is 10.4. The van der Waals surface area contributed by atoms with E-state index in [4.69, 9.17) is 0 Å². The molecule has 0 N–H and O–H groups in total. The Morgan fingerprint density at radius 3 is 2.64 bits per heavy atom. The molecule has 0 fully saturated rings. The first-order valence-electron chi connectivity index (χ1n) is 3.35. The van der Waals surface area contributed by atoms with Crippen molar-refractivity contribution in [3.8, 4) is 5.75 Å². The van der Waals surface area contributed by atoms with Gasteiger partial charge in [0.25, 0.3) is 0 Å². The van der Waals surface area contributed by atoms with E-state index in [1.54, 1.807) is 0 Å². The molecule has 0 saturated carbocycles. The summed E-state index contributed by atoms with van der Waals surface area (Å²) in [5, 5.41) is 1.31. The van der Waals surface area contributed by atoms with Gasteiger partial charge in [-0.3, -0.25) is 0 Å². The van der Waals surface area contributed by atoms with Gasteiger partial charge < -0.3 is 9.47 Å². The molecule has 0 spiro atoms. The number of carbonyl (C=O) groups excluding carboxylic acids is 1. The monoisotopic (exact) mass is 226 g/mol. The van der Waals surface area contributed by atoms with E-state index in [0.717, 1.165) is 24.5 Å². The summed E-state index contributed by atoms with van der Waals surface area (Å²) in [4.78, 5) is 10.7. The third-order valence-corrected chi connectivity index (χ3v) is 2.10. The molecular formula is C7H5F3O3S. The van der Waals surface area contributed by atoms with Gasteiger partial charge in [0.2, 0.25) is 0 Å². The molecule has 0 aliphatic heterocycles. The van der Waals surface area contributed by atoms with Crippen LogP contribution in [0, 0.1) is 0 Å². The fourth-order valence-electron chi connectivity index (χ4n) is 0.744. The van der Waals surface area contributed by atoms with Crippen LogP contribution in [0.5, 0.6) is 5.75 Å². The van der Waals surface area contributed by atoms with Crippen molar-refractivity contribution in [2.75, 3.05) is 7.11 Å². The Kier molecular flexibility index (Phi) is 3.00. The third-order valence-electron chi connectivity index (χ3n) is 1.23. The second-order valence-electron chi connectivity index (χ2n) is 2.15. The second-order valence-corrected chi connectivity index (χ2v) is 3.07. The summed E-state index contributed by atoms with van der Waals surface area (Å²) in [6, 6.07) is 1.06. The fourth-order valence-corrected chi connectivity index (χ4v) is 1.48. The van der Waals surface area contributed by atoms with Crippen LogP contribution in [-0.4, -0.2) is 19.4 Å². The summed E-state index contributed by atoms with van der Waals surface area (Å²) in [7, 11) is 1.08. The van der Waals surface area contributed by atoms with Gasteiger partial charge in [0, 0.05) is 0 Å². The molecule has 0 aliphatic rings. The van der Waals surface area contributed by atoms with Gasteiger partial charge in [0.15, 0.2) is 10.6 Å². The molecule has 0 atom stereocenters. The quantitative estimate of drug-likeness (QED) is 0.726. The zero-order valence-corrected chi connectivity index (χ0v) is 7.74. The Labute approximate surface area is 81.1 Å².